The summed E-state index contributed by atoms with van der Waals surface area (Å²) < 4.78 is 0. The summed E-state index contributed by atoms with van der Waals surface area (Å²) in [5.41, 5.74) is 7.34. The standard InChI is InChI=1S/C29H36/c1-3-5-7-23-10-14-25(15-11-23)27-17-19-28-20-26(16-18-29(28)21-27)24-12-8-22(6-4-2)9-13-24/h3-4,6,10-11,14-15,17,19,21-22,24,26H,1,5,7-9,12-13,16,18,20H2,2H3/b6-4+. The van der Waals surface area contributed by atoms with Gasteiger partial charge in [-0.1, -0.05) is 60.7 Å². The summed E-state index contributed by atoms with van der Waals surface area (Å²) in [7, 11) is 0. The van der Waals surface area contributed by atoms with Gasteiger partial charge in [0, 0.05) is 0 Å². The zero-order valence-electron chi connectivity index (χ0n) is 18.1. The molecule has 1 unspecified atom stereocenters. The lowest BCUT2D eigenvalue weighted by atomic mass is 9.69. The molecule has 1 saturated carbocycles. The average Bonchev–Trinajstić information content (AvgIpc) is 2.78. The van der Waals surface area contributed by atoms with E-state index in [-0.39, 0.29) is 0 Å². The van der Waals surface area contributed by atoms with E-state index >= 15 is 0 Å². The molecule has 0 spiro atoms. The Morgan fingerprint density at radius 2 is 1.62 bits per heavy atom. The van der Waals surface area contributed by atoms with Crippen molar-refractivity contribution in [2.45, 2.75) is 64.7 Å². The largest absolute Gasteiger partial charge is 0.103 e. The second kappa shape index (κ2) is 9.61. The van der Waals surface area contributed by atoms with E-state index in [0.29, 0.717) is 0 Å². The van der Waals surface area contributed by atoms with E-state index in [4.69, 9.17) is 0 Å². The lowest BCUT2D eigenvalue weighted by Gasteiger charge is -2.36. The van der Waals surface area contributed by atoms with Crippen LogP contribution < -0.4 is 0 Å². The molecule has 0 radical (unpaired) electrons. The number of fused-ring (bicyclic) bond motifs is 1. The van der Waals surface area contributed by atoms with Crippen LogP contribution in [0, 0.1) is 17.8 Å². The third-order valence-corrected chi connectivity index (χ3v) is 7.35. The van der Waals surface area contributed by atoms with Gasteiger partial charge in [-0.25, -0.2) is 0 Å². The molecular weight excluding hydrogens is 348 g/mol. The van der Waals surface area contributed by atoms with E-state index in [1.807, 2.05) is 6.08 Å². The van der Waals surface area contributed by atoms with Crippen molar-refractivity contribution in [1.29, 1.82) is 0 Å². The third-order valence-electron chi connectivity index (χ3n) is 7.35. The van der Waals surface area contributed by atoms with Crippen LogP contribution in [-0.2, 0) is 19.3 Å². The third kappa shape index (κ3) is 4.92. The van der Waals surface area contributed by atoms with E-state index in [0.717, 1.165) is 30.6 Å². The molecular formula is C29H36. The van der Waals surface area contributed by atoms with Crippen LogP contribution in [0.3, 0.4) is 0 Å². The molecule has 29 heavy (non-hydrogen) atoms. The Balaban J connectivity index is 1.40. The van der Waals surface area contributed by atoms with Crippen LogP contribution in [0.1, 0.15) is 62.1 Å². The van der Waals surface area contributed by atoms with Crippen molar-refractivity contribution < 1.29 is 0 Å². The van der Waals surface area contributed by atoms with Gasteiger partial charge in [-0.2, -0.15) is 0 Å². The van der Waals surface area contributed by atoms with Gasteiger partial charge < -0.3 is 0 Å². The quantitative estimate of drug-likeness (QED) is 0.443. The molecule has 0 bridgehead atoms. The number of rotatable bonds is 6. The summed E-state index contributed by atoms with van der Waals surface area (Å²) in [6.45, 7) is 5.99. The molecule has 0 saturated heterocycles. The minimum absolute atomic E-state index is 0.845. The zero-order chi connectivity index (χ0) is 20.1. The van der Waals surface area contributed by atoms with Crippen molar-refractivity contribution >= 4 is 0 Å². The molecule has 0 aliphatic heterocycles. The highest BCUT2D eigenvalue weighted by atomic mass is 14.3. The molecule has 152 valence electrons. The molecule has 0 heteroatoms. The van der Waals surface area contributed by atoms with Crippen LogP contribution in [0.4, 0.5) is 0 Å². The van der Waals surface area contributed by atoms with Crippen molar-refractivity contribution in [2.24, 2.45) is 17.8 Å². The van der Waals surface area contributed by atoms with Gasteiger partial charge in [0.2, 0.25) is 0 Å². The minimum atomic E-state index is 0.845. The lowest BCUT2D eigenvalue weighted by molar-refractivity contribution is 0.206. The summed E-state index contributed by atoms with van der Waals surface area (Å²) in [5, 5.41) is 0. The van der Waals surface area contributed by atoms with Crippen LogP contribution in [0.15, 0.2) is 67.3 Å². The SMILES string of the molecule is C=CCCc1ccc(-c2ccc3c(c2)CCC(C2CCC(/C=C/C)CC2)C3)cc1. The smallest absolute Gasteiger partial charge is 0.0181 e. The predicted octanol–water partition coefficient (Wildman–Crippen LogP) is 7.96. The Kier molecular flexibility index (Phi) is 6.70. The highest BCUT2D eigenvalue weighted by Gasteiger charge is 2.29. The molecule has 0 N–H and O–H groups in total. The second-order valence-electron chi connectivity index (χ2n) is 9.21. The second-order valence-corrected chi connectivity index (χ2v) is 9.21. The fourth-order valence-corrected chi connectivity index (χ4v) is 5.58. The molecule has 0 amide bonds. The Hall–Kier alpha value is -2.08. The van der Waals surface area contributed by atoms with Crippen LogP contribution in [0.2, 0.25) is 0 Å². The maximum absolute atomic E-state index is 3.82. The van der Waals surface area contributed by atoms with Gasteiger partial charge >= 0.3 is 0 Å². The first-order chi connectivity index (χ1) is 14.3. The van der Waals surface area contributed by atoms with Gasteiger partial charge in [0.15, 0.2) is 0 Å². The monoisotopic (exact) mass is 384 g/mol. The normalized spacial score (nSPS) is 24.4. The van der Waals surface area contributed by atoms with Gasteiger partial charge in [-0.05, 0) is 110 Å². The van der Waals surface area contributed by atoms with Gasteiger partial charge in [0.25, 0.3) is 0 Å². The molecule has 0 aromatic heterocycles. The van der Waals surface area contributed by atoms with Crippen LogP contribution in [0.25, 0.3) is 11.1 Å². The number of allylic oxidation sites excluding steroid dienone is 3. The number of aryl methyl sites for hydroxylation is 2. The molecule has 1 fully saturated rings. The Morgan fingerprint density at radius 3 is 2.34 bits per heavy atom. The first kappa shape index (κ1) is 20.2. The number of benzene rings is 2. The molecule has 2 aromatic carbocycles. The van der Waals surface area contributed by atoms with E-state index in [1.54, 1.807) is 11.1 Å². The van der Waals surface area contributed by atoms with Gasteiger partial charge in [-0.15, -0.1) is 6.58 Å². The summed E-state index contributed by atoms with van der Waals surface area (Å²) in [5.74, 6) is 2.70. The highest BCUT2D eigenvalue weighted by molar-refractivity contribution is 5.65. The van der Waals surface area contributed by atoms with E-state index in [1.165, 1.54) is 61.6 Å². The molecule has 2 aromatic rings. The summed E-state index contributed by atoms with van der Waals surface area (Å²) >= 11 is 0. The van der Waals surface area contributed by atoms with E-state index in [2.05, 4.69) is 68.1 Å². The predicted molar refractivity (Wildman–Crippen MR) is 126 cm³/mol. The Labute approximate surface area is 177 Å². The van der Waals surface area contributed by atoms with Crippen molar-refractivity contribution in [3.05, 3.63) is 84.0 Å². The fraction of sp³-hybridized carbons (Fsp3) is 0.448. The maximum Gasteiger partial charge on any atom is -0.0181 e. The fourth-order valence-electron chi connectivity index (χ4n) is 5.58. The topological polar surface area (TPSA) is 0 Å². The van der Waals surface area contributed by atoms with Crippen molar-refractivity contribution in [1.82, 2.24) is 0 Å². The molecule has 0 nitrogen and oxygen atoms in total. The summed E-state index contributed by atoms with van der Waals surface area (Å²) in [6.07, 6.45) is 18.4. The summed E-state index contributed by atoms with van der Waals surface area (Å²) in [6, 6.07) is 16.4. The van der Waals surface area contributed by atoms with Gasteiger partial charge in [0.1, 0.15) is 0 Å². The maximum atomic E-state index is 3.82. The summed E-state index contributed by atoms with van der Waals surface area (Å²) in [4.78, 5) is 0. The Bertz CT molecular complexity index is 831. The molecule has 2 aliphatic carbocycles. The van der Waals surface area contributed by atoms with Crippen LogP contribution >= 0.6 is 0 Å². The van der Waals surface area contributed by atoms with E-state index in [9.17, 15) is 0 Å². The van der Waals surface area contributed by atoms with Crippen LogP contribution in [0.5, 0.6) is 0 Å². The van der Waals surface area contributed by atoms with Crippen LogP contribution in [-0.4, -0.2) is 0 Å². The average molecular weight is 385 g/mol. The molecule has 4 rings (SSSR count). The van der Waals surface area contributed by atoms with Crippen molar-refractivity contribution in [3.63, 3.8) is 0 Å². The van der Waals surface area contributed by atoms with Gasteiger partial charge in [-0.3, -0.25) is 0 Å². The molecule has 0 heterocycles. The first-order valence-corrected chi connectivity index (χ1v) is 11.7. The molecule has 1 atom stereocenters. The van der Waals surface area contributed by atoms with Gasteiger partial charge in [0.05, 0.1) is 0 Å². The molecule has 2 aliphatic rings. The highest BCUT2D eigenvalue weighted by Crippen LogP contribution is 2.40. The number of hydrogen-bond acceptors (Lipinski definition) is 0. The zero-order valence-corrected chi connectivity index (χ0v) is 18.1. The van der Waals surface area contributed by atoms with Crippen molar-refractivity contribution in [3.8, 4) is 11.1 Å². The van der Waals surface area contributed by atoms with Crippen molar-refractivity contribution in [2.75, 3.05) is 0 Å². The first-order valence-electron chi connectivity index (χ1n) is 11.7. The number of hydrogen-bond donors (Lipinski definition) is 0. The Morgan fingerprint density at radius 1 is 0.862 bits per heavy atom. The minimum Gasteiger partial charge on any atom is -0.103 e. The van der Waals surface area contributed by atoms with E-state index < -0.39 is 0 Å². The lowest BCUT2D eigenvalue weighted by Crippen LogP contribution is -2.26.